The highest BCUT2D eigenvalue weighted by Crippen LogP contribution is 2.04. The Balaban J connectivity index is 2.42. The van der Waals surface area contributed by atoms with E-state index in [0.717, 1.165) is 6.54 Å². The third-order valence-electron chi connectivity index (χ3n) is 2.29. The topological polar surface area (TPSA) is 73.6 Å². The van der Waals surface area contributed by atoms with E-state index in [9.17, 15) is 4.79 Å². The SMILES string of the molecule is C/C(=C\CN1CCOC(C#N)C1)C(=O)O. The standard InChI is InChI=1S/C10H14N2O3/c1-8(10(13)14)2-3-12-4-5-15-9(6-11)7-12/h2,9H,3-5,7H2,1H3,(H,13,14)/b8-2+. The minimum atomic E-state index is -0.903. The first-order valence-corrected chi connectivity index (χ1v) is 4.77. The van der Waals surface area contributed by atoms with Crippen molar-refractivity contribution in [1.82, 2.24) is 4.90 Å². The number of morpholine rings is 1. The molecule has 82 valence electrons. The summed E-state index contributed by atoms with van der Waals surface area (Å²) in [4.78, 5) is 12.5. The van der Waals surface area contributed by atoms with Crippen LogP contribution >= 0.6 is 0 Å². The van der Waals surface area contributed by atoms with Gasteiger partial charge in [0.2, 0.25) is 0 Å². The predicted octanol–water partition coefficient (Wildman–Crippen LogP) is 0.242. The monoisotopic (exact) mass is 210 g/mol. The summed E-state index contributed by atoms with van der Waals surface area (Å²) in [6.07, 6.45) is 1.26. The van der Waals surface area contributed by atoms with Crippen LogP contribution in [0.2, 0.25) is 0 Å². The van der Waals surface area contributed by atoms with Gasteiger partial charge in [-0.25, -0.2) is 4.79 Å². The van der Waals surface area contributed by atoms with E-state index in [1.165, 1.54) is 0 Å². The van der Waals surface area contributed by atoms with E-state index >= 15 is 0 Å². The molecule has 1 aliphatic heterocycles. The van der Waals surface area contributed by atoms with Crippen molar-refractivity contribution in [1.29, 1.82) is 5.26 Å². The van der Waals surface area contributed by atoms with Crippen LogP contribution in [-0.4, -0.2) is 48.3 Å². The Bertz CT molecular complexity index is 306. The molecule has 1 saturated heterocycles. The molecule has 0 aromatic rings. The second-order valence-electron chi connectivity index (χ2n) is 3.44. The van der Waals surface area contributed by atoms with Crippen molar-refractivity contribution in [3.63, 3.8) is 0 Å². The maximum absolute atomic E-state index is 10.5. The molecule has 5 nitrogen and oxygen atoms in total. The summed E-state index contributed by atoms with van der Waals surface area (Å²) in [6, 6.07) is 2.04. The highest BCUT2D eigenvalue weighted by atomic mass is 16.5. The molecule has 15 heavy (non-hydrogen) atoms. The number of carbonyl (C=O) groups is 1. The predicted molar refractivity (Wildman–Crippen MR) is 53.2 cm³/mol. The van der Waals surface area contributed by atoms with Crippen LogP contribution in [0.25, 0.3) is 0 Å². The summed E-state index contributed by atoms with van der Waals surface area (Å²) in [5.41, 5.74) is 0.329. The molecular formula is C10H14N2O3. The Morgan fingerprint density at radius 1 is 1.80 bits per heavy atom. The van der Waals surface area contributed by atoms with Gasteiger partial charge in [0, 0.05) is 25.2 Å². The Hall–Kier alpha value is -1.38. The molecule has 0 aliphatic carbocycles. The highest BCUT2D eigenvalue weighted by Gasteiger charge is 2.18. The molecule has 0 aromatic heterocycles. The average Bonchev–Trinajstić information content (AvgIpc) is 2.26. The van der Waals surface area contributed by atoms with Crippen molar-refractivity contribution >= 4 is 5.97 Å². The zero-order chi connectivity index (χ0) is 11.3. The van der Waals surface area contributed by atoms with Gasteiger partial charge in [-0.2, -0.15) is 5.26 Å². The normalized spacial score (nSPS) is 23.5. The van der Waals surface area contributed by atoms with Crippen LogP contribution in [-0.2, 0) is 9.53 Å². The number of nitriles is 1. The summed E-state index contributed by atoms with van der Waals surface area (Å²) in [6.45, 7) is 3.92. The maximum atomic E-state index is 10.5. The van der Waals surface area contributed by atoms with Gasteiger partial charge in [-0.1, -0.05) is 6.08 Å². The minimum absolute atomic E-state index is 0.329. The zero-order valence-electron chi connectivity index (χ0n) is 8.64. The van der Waals surface area contributed by atoms with Crippen molar-refractivity contribution in [3.05, 3.63) is 11.6 Å². The first kappa shape index (κ1) is 11.7. The molecule has 5 heteroatoms. The van der Waals surface area contributed by atoms with Crippen LogP contribution < -0.4 is 0 Å². The summed E-state index contributed by atoms with van der Waals surface area (Å²) in [5, 5.41) is 17.3. The van der Waals surface area contributed by atoms with Gasteiger partial charge in [0.05, 0.1) is 12.7 Å². The number of hydrogen-bond acceptors (Lipinski definition) is 4. The molecule has 1 heterocycles. The number of ether oxygens (including phenoxy) is 1. The van der Waals surface area contributed by atoms with Gasteiger partial charge in [0.1, 0.15) is 0 Å². The van der Waals surface area contributed by atoms with Gasteiger partial charge in [-0.05, 0) is 6.92 Å². The highest BCUT2D eigenvalue weighted by molar-refractivity contribution is 5.85. The number of hydrogen-bond donors (Lipinski definition) is 1. The minimum Gasteiger partial charge on any atom is -0.478 e. The summed E-state index contributed by atoms with van der Waals surface area (Å²) in [5.74, 6) is -0.903. The molecule has 0 saturated carbocycles. The molecule has 1 N–H and O–H groups in total. The number of rotatable bonds is 3. The lowest BCUT2D eigenvalue weighted by molar-refractivity contribution is -0.132. The van der Waals surface area contributed by atoms with E-state index in [0.29, 0.717) is 25.3 Å². The number of aliphatic carboxylic acids is 1. The molecule has 1 rings (SSSR count). The van der Waals surface area contributed by atoms with Gasteiger partial charge in [0.15, 0.2) is 6.10 Å². The Labute approximate surface area is 88.6 Å². The fourth-order valence-corrected chi connectivity index (χ4v) is 1.30. The maximum Gasteiger partial charge on any atom is 0.330 e. The van der Waals surface area contributed by atoms with Gasteiger partial charge in [-0.3, -0.25) is 4.90 Å². The van der Waals surface area contributed by atoms with Gasteiger partial charge >= 0.3 is 5.97 Å². The van der Waals surface area contributed by atoms with E-state index in [1.54, 1.807) is 13.0 Å². The van der Waals surface area contributed by atoms with E-state index in [1.807, 2.05) is 11.0 Å². The molecular weight excluding hydrogens is 196 g/mol. The fraction of sp³-hybridized carbons (Fsp3) is 0.600. The van der Waals surface area contributed by atoms with Crippen molar-refractivity contribution < 1.29 is 14.6 Å². The summed E-state index contributed by atoms with van der Waals surface area (Å²) in [7, 11) is 0. The van der Waals surface area contributed by atoms with E-state index in [-0.39, 0.29) is 0 Å². The molecule has 1 atom stereocenters. The second kappa shape index (κ2) is 5.49. The largest absolute Gasteiger partial charge is 0.478 e. The molecule has 0 radical (unpaired) electrons. The third kappa shape index (κ3) is 3.70. The summed E-state index contributed by atoms with van der Waals surface area (Å²) < 4.78 is 5.17. The Morgan fingerprint density at radius 2 is 2.53 bits per heavy atom. The van der Waals surface area contributed by atoms with E-state index < -0.39 is 12.1 Å². The lowest BCUT2D eigenvalue weighted by atomic mass is 10.2. The van der Waals surface area contributed by atoms with Crippen molar-refractivity contribution in [3.8, 4) is 6.07 Å². The molecule has 0 aromatic carbocycles. The van der Waals surface area contributed by atoms with Crippen molar-refractivity contribution in [2.24, 2.45) is 0 Å². The smallest absolute Gasteiger partial charge is 0.330 e. The average molecular weight is 210 g/mol. The molecule has 1 fully saturated rings. The lowest BCUT2D eigenvalue weighted by Gasteiger charge is -2.28. The number of nitrogens with zero attached hydrogens (tertiary/aromatic N) is 2. The van der Waals surface area contributed by atoms with E-state index in [4.69, 9.17) is 15.1 Å². The Kier molecular flexibility index (Phi) is 4.28. The van der Waals surface area contributed by atoms with Crippen LogP contribution in [0.4, 0.5) is 0 Å². The van der Waals surface area contributed by atoms with Crippen LogP contribution in [0, 0.1) is 11.3 Å². The van der Waals surface area contributed by atoms with Crippen LogP contribution in [0.5, 0.6) is 0 Å². The van der Waals surface area contributed by atoms with Gasteiger partial charge < -0.3 is 9.84 Å². The fourth-order valence-electron chi connectivity index (χ4n) is 1.30. The van der Waals surface area contributed by atoms with Crippen LogP contribution in [0.15, 0.2) is 11.6 Å². The molecule has 0 spiro atoms. The van der Waals surface area contributed by atoms with Gasteiger partial charge in [-0.15, -0.1) is 0 Å². The Morgan fingerprint density at radius 3 is 3.13 bits per heavy atom. The van der Waals surface area contributed by atoms with E-state index in [2.05, 4.69) is 0 Å². The second-order valence-corrected chi connectivity index (χ2v) is 3.44. The molecule has 0 bridgehead atoms. The van der Waals surface area contributed by atoms with Gasteiger partial charge in [0.25, 0.3) is 0 Å². The number of carboxylic acid groups (broad SMARTS) is 1. The lowest BCUT2D eigenvalue weighted by Crippen LogP contribution is -2.41. The van der Waals surface area contributed by atoms with Crippen LogP contribution in [0.3, 0.4) is 0 Å². The first-order valence-electron chi connectivity index (χ1n) is 4.77. The van der Waals surface area contributed by atoms with Crippen molar-refractivity contribution in [2.75, 3.05) is 26.2 Å². The third-order valence-corrected chi connectivity index (χ3v) is 2.29. The van der Waals surface area contributed by atoms with Crippen molar-refractivity contribution in [2.45, 2.75) is 13.0 Å². The summed E-state index contributed by atoms with van der Waals surface area (Å²) >= 11 is 0. The molecule has 1 aliphatic rings. The number of carboxylic acids is 1. The molecule has 0 amide bonds. The molecule has 1 unspecified atom stereocenters. The quantitative estimate of drug-likeness (QED) is 0.675. The zero-order valence-corrected chi connectivity index (χ0v) is 8.64. The first-order chi connectivity index (χ1) is 7.13. The van der Waals surface area contributed by atoms with Crippen LogP contribution in [0.1, 0.15) is 6.92 Å².